The van der Waals surface area contributed by atoms with E-state index in [4.69, 9.17) is 10.00 Å². The zero-order chi connectivity index (χ0) is 14.9. The molecule has 1 N–H and O–H groups in total. The molecule has 0 aliphatic carbocycles. The smallest absolute Gasteiger partial charge is 0.138 e. The highest BCUT2D eigenvalue weighted by Crippen LogP contribution is 2.37. The van der Waals surface area contributed by atoms with Crippen LogP contribution in [-0.4, -0.2) is 30.4 Å². The van der Waals surface area contributed by atoms with Gasteiger partial charge in [-0.2, -0.15) is 5.26 Å². The third kappa shape index (κ3) is 2.59. The highest BCUT2D eigenvalue weighted by Gasteiger charge is 2.39. The Morgan fingerprint density at radius 1 is 1.45 bits per heavy atom. The molecule has 0 aromatic heterocycles. The number of benzene rings is 1. The molecule has 2 rings (SSSR count). The molecule has 4 heteroatoms. The van der Waals surface area contributed by atoms with Crippen LogP contribution in [0.25, 0.3) is 0 Å². The molecule has 1 heterocycles. The minimum absolute atomic E-state index is 0.240. The molecule has 0 bridgehead atoms. The van der Waals surface area contributed by atoms with E-state index in [1.54, 1.807) is 13.2 Å². The van der Waals surface area contributed by atoms with Crippen LogP contribution < -0.4 is 9.64 Å². The Morgan fingerprint density at radius 3 is 2.65 bits per heavy atom. The summed E-state index contributed by atoms with van der Waals surface area (Å²) >= 11 is 0. The number of ether oxygens (including phenoxy) is 1. The Bertz CT molecular complexity index is 528. The summed E-state index contributed by atoms with van der Waals surface area (Å²) in [7, 11) is 1.58. The largest absolute Gasteiger partial charge is 0.495 e. The summed E-state index contributed by atoms with van der Waals surface area (Å²) in [4.78, 5) is 2.27. The van der Waals surface area contributed by atoms with E-state index in [0.717, 1.165) is 18.7 Å². The Balaban J connectivity index is 2.28. The fourth-order valence-corrected chi connectivity index (χ4v) is 3.20. The summed E-state index contributed by atoms with van der Waals surface area (Å²) in [6.45, 7) is 6.79. The molecule has 108 valence electrons. The van der Waals surface area contributed by atoms with Gasteiger partial charge in [0.25, 0.3) is 0 Å². The van der Waals surface area contributed by atoms with Crippen molar-refractivity contribution in [2.24, 2.45) is 5.92 Å². The topological polar surface area (TPSA) is 56.5 Å². The molecule has 0 saturated carbocycles. The lowest BCUT2D eigenvalue weighted by atomic mass is 9.85. The Hall–Kier alpha value is -1.73. The molecule has 2 unspecified atom stereocenters. The van der Waals surface area contributed by atoms with E-state index in [9.17, 15) is 5.11 Å². The molecule has 2 atom stereocenters. The summed E-state index contributed by atoms with van der Waals surface area (Å²) in [5.41, 5.74) is 0.910. The van der Waals surface area contributed by atoms with Crippen LogP contribution in [0.15, 0.2) is 18.2 Å². The number of hydrogen-bond acceptors (Lipinski definition) is 4. The fourth-order valence-electron chi connectivity index (χ4n) is 3.20. The number of hydrogen-bond donors (Lipinski definition) is 1. The number of anilines is 1. The molecule has 1 aromatic rings. The lowest BCUT2D eigenvalue weighted by molar-refractivity contribution is 0.0156. The molecule has 1 saturated heterocycles. The van der Waals surface area contributed by atoms with Crippen LogP contribution in [0.3, 0.4) is 0 Å². The van der Waals surface area contributed by atoms with Gasteiger partial charge in [0.15, 0.2) is 0 Å². The molecule has 1 aromatic carbocycles. The van der Waals surface area contributed by atoms with Gasteiger partial charge < -0.3 is 14.7 Å². The van der Waals surface area contributed by atoms with Gasteiger partial charge in [0.05, 0.1) is 18.3 Å². The second-order valence-corrected chi connectivity index (χ2v) is 5.98. The summed E-state index contributed by atoms with van der Waals surface area (Å²) in [6, 6.07) is 8.03. The molecular weight excluding hydrogens is 252 g/mol. The molecule has 0 radical (unpaired) electrons. The SMILES string of the molecule is COc1cc(N2CCC(C(C)(C)O)C2C)ccc1C#N. The summed E-state index contributed by atoms with van der Waals surface area (Å²) in [6.07, 6.45) is 0.965. The van der Waals surface area contributed by atoms with E-state index in [1.807, 2.05) is 26.0 Å². The number of nitriles is 1. The molecule has 1 aliphatic heterocycles. The quantitative estimate of drug-likeness (QED) is 0.920. The lowest BCUT2D eigenvalue weighted by Gasteiger charge is -2.33. The van der Waals surface area contributed by atoms with Crippen LogP contribution >= 0.6 is 0 Å². The van der Waals surface area contributed by atoms with Crippen molar-refractivity contribution in [1.82, 2.24) is 0 Å². The maximum atomic E-state index is 10.2. The van der Waals surface area contributed by atoms with Gasteiger partial charge in [-0.15, -0.1) is 0 Å². The minimum Gasteiger partial charge on any atom is -0.495 e. The third-order valence-electron chi connectivity index (χ3n) is 4.30. The van der Waals surface area contributed by atoms with E-state index < -0.39 is 5.60 Å². The third-order valence-corrected chi connectivity index (χ3v) is 4.30. The normalized spacial score (nSPS) is 22.7. The first kappa shape index (κ1) is 14.7. The summed E-state index contributed by atoms with van der Waals surface area (Å²) in [5, 5.41) is 19.3. The zero-order valence-electron chi connectivity index (χ0n) is 12.6. The molecular formula is C16H22N2O2. The maximum absolute atomic E-state index is 10.2. The maximum Gasteiger partial charge on any atom is 0.138 e. The first-order valence-electron chi connectivity index (χ1n) is 6.95. The van der Waals surface area contributed by atoms with Crippen molar-refractivity contribution in [3.05, 3.63) is 23.8 Å². The molecule has 1 aliphatic rings. The first-order chi connectivity index (χ1) is 9.38. The number of aliphatic hydroxyl groups is 1. The average Bonchev–Trinajstić information content (AvgIpc) is 2.79. The van der Waals surface area contributed by atoms with Crippen LogP contribution in [0.5, 0.6) is 5.75 Å². The van der Waals surface area contributed by atoms with Crippen LogP contribution in [-0.2, 0) is 0 Å². The predicted molar refractivity (Wildman–Crippen MR) is 78.9 cm³/mol. The van der Waals surface area contributed by atoms with Crippen LogP contribution in [0.2, 0.25) is 0 Å². The van der Waals surface area contributed by atoms with Crippen molar-refractivity contribution in [3.8, 4) is 11.8 Å². The van der Waals surface area contributed by atoms with Gasteiger partial charge in [-0.1, -0.05) is 0 Å². The molecule has 1 fully saturated rings. The predicted octanol–water partition coefficient (Wildman–Crippen LogP) is 2.55. The number of rotatable bonds is 3. The van der Waals surface area contributed by atoms with Crippen molar-refractivity contribution in [2.75, 3.05) is 18.6 Å². The molecule has 4 nitrogen and oxygen atoms in total. The number of methoxy groups -OCH3 is 1. The Kier molecular flexibility index (Phi) is 3.92. The van der Waals surface area contributed by atoms with E-state index in [0.29, 0.717) is 11.3 Å². The second-order valence-electron chi connectivity index (χ2n) is 5.98. The van der Waals surface area contributed by atoms with Crippen molar-refractivity contribution in [3.63, 3.8) is 0 Å². The standard InChI is InChI=1S/C16H22N2O2/c1-11-14(16(2,3)19)7-8-18(11)13-6-5-12(10-17)15(9-13)20-4/h5-6,9,11,14,19H,7-8H2,1-4H3. The Morgan fingerprint density at radius 2 is 2.15 bits per heavy atom. The lowest BCUT2D eigenvalue weighted by Crippen LogP contribution is -2.40. The van der Waals surface area contributed by atoms with E-state index in [2.05, 4.69) is 17.9 Å². The minimum atomic E-state index is -0.676. The molecule has 20 heavy (non-hydrogen) atoms. The highest BCUT2D eigenvalue weighted by atomic mass is 16.5. The van der Waals surface area contributed by atoms with Gasteiger partial charge >= 0.3 is 0 Å². The summed E-state index contributed by atoms with van der Waals surface area (Å²) < 4.78 is 5.27. The fraction of sp³-hybridized carbons (Fsp3) is 0.562. The average molecular weight is 274 g/mol. The van der Waals surface area contributed by atoms with E-state index >= 15 is 0 Å². The first-order valence-corrected chi connectivity index (χ1v) is 6.95. The van der Waals surface area contributed by atoms with E-state index in [-0.39, 0.29) is 12.0 Å². The Labute approximate surface area is 120 Å². The van der Waals surface area contributed by atoms with Gasteiger partial charge in [0.1, 0.15) is 11.8 Å². The van der Waals surface area contributed by atoms with Crippen LogP contribution in [0.1, 0.15) is 32.8 Å². The van der Waals surface area contributed by atoms with Gasteiger partial charge in [0.2, 0.25) is 0 Å². The zero-order valence-corrected chi connectivity index (χ0v) is 12.6. The van der Waals surface area contributed by atoms with Crippen molar-refractivity contribution in [1.29, 1.82) is 5.26 Å². The van der Waals surface area contributed by atoms with Crippen molar-refractivity contribution >= 4 is 5.69 Å². The van der Waals surface area contributed by atoms with E-state index in [1.165, 1.54) is 0 Å². The van der Waals surface area contributed by atoms with Crippen molar-refractivity contribution < 1.29 is 9.84 Å². The van der Waals surface area contributed by atoms with Gasteiger partial charge in [-0.25, -0.2) is 0 Å². The highest BCUT2D eigenvalue weighted by molar-refractivity contribution is 5.58. The summed E-state index contributed by atoms with van der Waals surface area (Å²) in [5.74, 6) is 0.841. The van der Waals surface area contributed by atoms with Gasteiger partial charge in [-0.3, -0.25) is 0 Å². The monoisotopic (exact) mass is 274 g/mol. The molecule has 0 amide bonds. The molecule has 0 spiro atoms. The second kappa shape index (κ2) is 5.34. The van der Waals surface area contributed by atoms with Gasteiger partial charge in [0, 0.05) is 30.3 Å². The van der Waals surface area contributed by atoms with Crippen molar-refractivity contribution in [2.45, 2.75) is 38.8 Å². The number of nitrogens with zero attached hydrogens (tertiary/aromatic N) is 2. The van der Waals surface area contributed by atoms with Crippen LogP contribution in [0.4, 0.5) is 5.69 Å². The van der Waals surface area contributed by atoms with Gasteiger partial charge in [-0.05, 0) is 39.3 Å². The van der Waals surface area contributed by atoms with Crippen LogP contribution in [0, 0.1) is 17.2 Å².